The Balaban J connectivity index is 1.85. The maximum absolute atomic E-state index is 12.0. The summed E-state index contributed by atoms with van der Waals surface area (Å²) in [5.74, 6) is 0.751. The highest BCUT2D eigenvalue weighted by Crippen LogP contribution is 2.16. The molecule has 1 aromatic carbocycles. The van der Waals surface area contributed by atoms with E-state index < -0.39 is 14.9 Å². The van der Waals surface area contributed by atoms with Gasteiger partial charge in [0.05, 0.1) is 16.4 Å². The molecule has 0 aliphatic carbocycles. The summed E-state index contributed by atoms with van der Waals surface area (Å²) in [5.41, 5.74) is -0.265. The SMILES string of the molecule is O=[N+]([O-])c1cccc(S(=O)(=O)NCCNCc2ncc[nH]2)c1. The number of hydrogen-bond acceptors (Lipinski definition) is 6. The Morgan fingerprint density at radius 2 is 2.14 bits per heavy atom. The summed E-state index contributed by atoms with van der Waals surface area (Å²) in [5, 5.41) is 13.7. The van der Waals surface area contributed by atoms with E-state index in [2.05, 4.69) is 20.0 Å². The number of aromatic amines is 1. The molecule has 9 nitrogen and oxygen atoms in total. The fraction of sp³-hybridized carbons (Fsp3) is 0.250. The molecule has 22 heavy (non-hydrogen) atoms. The first-order valence-electron chi connectivity index (χ1n) is 6.42. The number of nitrogens with zero attached hydrogens (tertiary/aromatic N) is 2. The number of imidazole rings is 1. The lowest BCUT2D eigenvalue weighted by Crippen LogP contribution is -2.31. The smallest absolute Gasteiger partial charge is 0.270 e. The highest BCUT2D eigenvalue weighted by molar-refractivity contribution is 7.89. The Labute approximate surface area is 127 Å². The number of non-ortho nitro benzene ring substituents is 1. The van der Waals surface area contributed by atoms with Gasteiger partial charge in [-0.3, -0.25) is 10.1 Å². The molecule has 0 radical (unpaired) electrons. The molecule has 0 unspecified atom stereocenters. The van der Waals surface area contributed by atoms with E-state index >= 15 is 0 Å². The number of H-pyrrole nitrogens is 1. The molecule has 0 atom stereocenters. The van der Waals surface area contributed by atoms with E-state index in [1.807, 2.05) is 0 Å². The molecular weight excluding hydrogens is 310 g/mol. The standard InChI is InChI=1S/C12H15N5O4S/c18-17(19)10-2-1-3-11(8-10)22(20,21)16-7-4-13-9-12-14-5-6-15-12/h1-3,5-6,8,13,16H,4,7,9H2,(H,14,15). The van der Waals surface area contributed by atoms with Crippen molar-refractivity contribution >= 4 is 15.7 Å². The summed E-state index contributed by atoms with van der Waals surface area (Å²) in [7, 11) is -3.77. The van der Waals surface area contributed by atoms with Crippen LogP contribution in [0.1, 0.15) is 5.82 Å². The third-order valence-corrected chi connectivity index (χ3v) is 4.24. The van der Waals surface area contributed by atoms with Crippen molar-refractivity contribution < 1.29 is 13.3 Å². The minimum atomic E-state index is -3.77. The number of hydrogen-bond donors (Lipinski definition) is 3. The molecule has 0 saturated heterocycles. The van der Waals surface area contributed by atoms with Gasteiger partial charge in [-0.25, -0.2) is 18.1 Å². The number of benzene rings is 1. The van der Waals surface area contributed by atoms with Gasteiger partial charge in [0.2, 0.25) is 10.0 Å². The second-order valence-electron chi connectivity index (χ2n) is 4.36. The molecule has 3 N–H and O–H groups in total. The van der Waals surface area contributed by atoms with Gasteiger partial charge in [0.15, 0.2) is 0 Å². The summed E-state index contributed by atoms with van der Waals surface area (Å²) in [4.78, 5) is 16.8. The van der Waals surface area contributed by atoms with Crippen LogP contribution in [0.2, 0.25) is 0 Å². The van der Waals surface area contributed by atoms with Crippen molar-refractivity contribution in [1.82, 2.24) is 20.0 Å². The Morgan fingerprint density at radius 3 is 2.82 bits per heavy atom. The van der Waals surface area contributed by atoms with Crippen LogP contribution in [0.3, 0.4) is 0 Å². The van der Waals surface area contributed by atoms with Gasteiger partial charge in [0.25, 0.3) is 5.69 Å². The van der Waals surface area contributed by atoms with Crippen LogP contribution >= 0.6 is 0 Å². The van der Waals surface area contributed by atoms with Crippen molar-refractivity contribution in [1.29, 1.82) is 0 Å². The zero-order chi connectivity index (χ0) is 16.0. The zero-order valence-electron chi connectivity index (χ0n) is 11.5. The van der Waals surface area contributed by atoms with E-state index in [4.69, 9.17) is 0 Å². The van der Waals surface area contributed by atoms with Gasteiger partial charge in [-0.1, -0.05) is 6.07 Å². The monoisotopic (exact) mass is 325 g/mol. The van der Waals surface area contributed by atoms with Gasteiger partial charge in [-0.2, -0.15) is 0 Å². The molecule has 0 aliphatic rings. The maximum atomic E-state index is 12.0. The van der Waals surface area contributed by atoms with Gasteiger partial charge >= 0.3 is 0 Å². The minimum Gasteiger partial charge on any atom is -0.348 e. The second-order valence-corrected chi connectivity index (χ2v) is 6.13. The molecular formula is C12H15N5O4S. The first-order chi connectivity index (χ1) is 10.5. The van der Waals surface area contributed by atoms with Crippen LogP contribution in [-0.4, -0.2) is 36.4 Å². The van der Waals surface area contributed by atoms with Crippen molar-refractivity contribution in [3.8, 4) is 0 Å². The van der Waals surface area contributed by atoms with Gasteiger partial charge in [0, 0.05) is 37.6 Å². The second kappa shape index (κ2) is 7.11. The fourth-order valence-corrected chi connectivity index (χ4v) is 2.79. The van der Waals surface area contributed by atoms with E-state index in [1.54, 1.807) is 12.4 Å². The maximum Gasteiger partial charge on any atom is 0.270 e. The molecule has 10 heteroatoms. The molecule has 2 rings (SSSR count). The van der Waals surface area contributed by atoms with Crippen LogP contribution in [0.15, 0.2) is 41.6 Å². The van der Waals surface area contributed by atoms with E-state index in [9.17, 15) is 18.5 Å². The lowest BCUT2D eigenvalue weighted by atomic mass is 10.3. The van der Waals surface area contributed by atoms with Crippen LogP contribution in [-0.2, 0) is 16.6 Å². The molecule has 1 aromatic heterocycles. The highest BCUT2D eigenvalue weighted by Gasteiger charge is 2.16. The topological polar surface area (TPSA) is 130 Å². The third-order valence-electron chi connectivity index (χ3n) is 2.78. The van der Waals surface area contributed by atoms with E-state index in [0.717, 1.165) is 11.9 Å². The van der Waals surface area contributed by atoms with Gasteiger partial charge < -0.3 is 10.3 Å². The summed E-state index contributed by atoms with van der Waals surface area (Å²) in [6.07, 6.45) is 3.32. The normalized spacial score (nSPS) is 11.5. The van der Waals surface area contributed by atoms with E-state index in [1.165, 1.54) is 18.2 Å². The summed E-state index contributed by atoms with van der Waals surface area (Å²) >= 11 is 0. The Hall–Kier alpha value is -2.30. The molecule has 0 saturated carbocycles. The van der Waals surface area contributed by atoms with Crippen molar-refractivity contribution in [2.45, 2.75) is 11.4 Å². The largest absolute Gasteiger partial charge is 0.348 e. The van der Waals surface area contributed by atoms with Crippen molar-refractivity contribution in [2.24, 2.45) is 0 Å². The number of sulfonamides is 1. The van der Waals surface area contributed by atoms with Crippen LogP contribution in [0, 0.1) is 10.1 Å². The predicted molar refractivity (Wildman–Crippen MR) is 78.6 cm³/mol. The number of nitrogens with one attached hydrogen (secondary N) is 3. The van der Waals surface area contributed by atoms with Gasteiger partial charge in [-0.05, 0) is 6.07 Å². The molecule has 2 aromatic rings. The molecule has 0 bridgehead atoms. The summed E-state index contributed by atoms with van der Waals surface area (Å²) < 4.78 is 26.4. The predicted octanol–water partition coefficient (Wildman–Crippen LogP) is 0.386. The molecule has 0 spiro atoms. The van der Waals surface area contributed by atoms with Crippen molar-refractivity contribution in [3.63, 3.8) is 0 Å². The molecule has 0 aliphatic heterocycles. The molecule has 0 amide bonds. The van der Waals surface area contributed by atoms with Crippen molar-refractivity contribution in [3.05, 3.63) is 52.6 Å². The quantitative estimate of drug-likeness (QED) is 0.365. The number of nitro groups is 1. The zero-order valence-corrected chi connectivity index (χ0v) is 12.3. The third kappa shape index (κ3) is 4.35. The lowest BCUT2D eigenvalue weighted by molar-refractivity contribution is -0.385. The fourth-order valence-electron chi connectivity index (χ4n) is 1.72. The van der Waals surface area contributed by atoms with E-state index in [-0.39, 0.29) is 17.1 Å². The number of aromatic nitrogens is 2. The summed E-state index contributed by atoms with van der Waals surface area (Å²) in [6.45, 7) is 1.05. The molecule has 0 fully saturated rings. The van der Waals surface area contributed by atoms with Crippen LogP contribution < -0.4 is 10.0 Å². The number of rotatable bonds is 8. The Kier molecular flexibility index (Phi) is 5.20. The van der Waals surface area contributed by atoms with Gasteiger partial charge in [-0.15, -0.1) is 0 Å². The first-order valence-corrected chi connectivity index (χ1v) is 7.90. The van der Waals surface area contributed by atoms with Crippen LogP contribution in [0.4, 0.5) is 5.69 Å². The van der Waals surface area contributed by atoms with Gasteiger partial charge in [0.1, 0.15) is 5.82 Å². The average molecular weight is 325 g/mol. The molecule has 118 valence electrons. The van der Waals surface area contributed by atoms with Crippen LogP contribution in [0.5, 0.6) is 0 Å². The lowest BCUT2D eigenvalue weighted by Gasteiger charge is -2.07. The Morgan fingerprint density at radius 1 is 1.32 bits per heavy atom. The minimum absolute atomic E-state index is 0.132. The first kappa shape index (κ1) is 16.1. The van der Waals surface area contributed by atoms with E-state index in [0.29, 0.717) is 13.1 Å². The summed E-state index contributed by atoms with van der Waals surface area (Å²) in [6, 6.07) is 4.91. The van der Waals surface area contributed by atoms with Crippen LogP contribution in [0.25, 0.3) is 0 Å². The van der Waals surface area contributed by atoms with Crippen molar-refractivity contribution in [2.75, 3.05) is 13.1 Å². The highest BCUT2D eigenvalue weighted by atomic mass is 32.2. The molecule has 1 heterocycles. The number of nitro benzene ring substituents is 1. The average Bonchev–Trinajstić information content (AvgIpc) is 3.00. The Bertz CT molecular complexity index is 730.